The van der Waals surface area contributed by atoms with Gasteiger partial charge < -0.3 is 45.3 Å². The van der Waals surface area contributed by atoms with E-state index in [2.05, 4.69) is 31.2 Å². The fourth-order valence-corrected chi connectivity index (χ4v) is 6.81. The minimum absolute atomic E-state index is 0.0728. The van der Waals surface area contributed by atoms with E-state index in [1.807, 2.05) is 42.3 Å². The summed E-state index contributed by atoms with van der Waals surface area (Å²) in [7, 11) is 1.81. The molecule has 1 aromatic carbocycles. The zero-order chi connectivity index (χ0) is 34.2. The van der Waals surface area contributed by atoms with Gasteiger partial charge in [-0.1, -0.05) is 30.3 Å². The minimum Gasteiger partial charge on any atom is -0.394 e. The standard InChI is InChI=1S/C31H38N12O6/c1-40-13-22(33-15-40)37-30(48)36-18-7-8-41(12-18)29-38-27(35-19(14-44)9-17-5-3-2-4-6-17)24-28(39-29)42(16-34-24)20-10-21(26(47)25(20)46)43-23(45)11-32-31(43)49/h2-6,13,15-16,18-21,25-26,44,46-47H,7-12,14H2,1H3,(H,32,49)(H,35,38,39)(H2,36,37,48)/t18-,19+,20-,21+,25+,26-/m1/s1. The predicted octanol–water partition coefficient (Wildman–Crippen LogP) is -0.437. The first-order valence-electron chi connectivity index (χ1n) is 16.1. The zero-order valence-electron chi connectivity index (χ0n) is 26.7. The summed E-state index contributed by atoms with van der Waals surface area (Å²) in [6.07, 6.45) is 3.24. The van der Waals surface area contributed by atoms with Gasteiger partial charge in [0.25, 0.3) is 0 Å². The van der Waals surface area contributed by atoms with E-state index in [0.717, 1.165) is 10.5 Å². The smallest absolute Gasteiger partial charge is 0.324 e. The molecule has 18 heteroatoms. The van der Waals surface area contributed by atoms with Crippen molar-refractivity contribution in [1.29, 1.82) is 0 Å². The lowest BCUT2D eigenvalue weighted by atomic mass is 10.1. The van der Waals surface area contributed by atoms with Gasteiger partial charge >= 0.3 is 12.1 Å². The molecule has 5 heterocycles. The number of amides is 5. The fourth-order valence-electron chi connectivity index (χ4n) is 6.81. The zero-order valence-corrected chi connectivity index (χ0v) is 26.7. The Bertz CT molecular complexity index is 1830. The van der Waals surface area contributed by atoms with E-state index < -0.39 is 42.3 Å². The second kappa shape index (κ2) is 13.3. The number of aliphatic hydroxyl groups is 3. The number of aryl methyl sites for hydroxylation is 1. The lowest BCUT2D eigenvalue weighted by Gasteiger charge is -2.23. The molecule has 0 spiro atoms. The third-order valence-electron chi connectivity index (χ3n) is 9.24. The van der Waals surface area contributed by atoms with Crippen molar-refractivity contribution < 1.29 is 29.7 Å². The minimum atomic E-state index is -1.39. The Morgan fingerprint density at radius 2 is 1.88 bits per heavy atom. The van der Waals surface area contributed by atoms with Crippen molar-refractivity contribution in [2.45, 2.75) is 55.6 Å². The Morgan fingerprint density at radius 3 is 2.59 bits per heavy atom. The summed E-state index contributed by atoms with van der Waals surface area (Å²) in [4.78, 5) is 58.8. The van der Waals surface area contributed by atoms with Gasteiger partial charge in [-0.05, 0) is 24.8 Å². The van der Waals surface area contributed by atoms with Crippen LogP contribution < -0.4 is 26.2 Å². The van der Waals surface area contributed by atoms with Crippen molar-refractivity contribution in [2.75, 3.05) is 41.8 Å². The number of nitrogens with zero attached hydrogens (tertiary/aromatic N) is 8. The molecule has 0 radical (unpaired) electrons. The highest BCUT2D eigenvalue weighted by Crippen LogP contribution is 2.37. The van der Waals surface area contributed by atoms with Crippen LogP contribution in [-0.4, -0.2) is 124 Å². The second-order valence-corrected chi connectivity index (χ2v) is 12.6. The maximum Gasteiger partial charge on any atom is 0.324 e. The van der Waals surface area contributed by atoms with Gasteiger partial charge in [-0.15, -0.1) is 0 Å². The van der Waals surface area contributed by atoms with E-state index in [1.54, 1.807) is 21.7 Å². The van der Waals surface area contributed by atoms with Crippen LogP contribution in [0.1, 0.15) is 24.4 Å². The van der Waals surface area contributed by atoms with Crippen molar-refractivity contribution in [3.8, 4) is 0 Å². The molecule has 2 saturated heterocycles. The molecule has 1 aliphatic carbocycles. The van der Waals surface area contributed by atoms with Crippen LogP contribution in [-0.2, 0) is 18.3 Å². The molecule has 0 unspecified atom stereocenters. The number of aliphatic hydroxyl groups excluding tert-OH is 3. The molecule has 4 aromatic rings. The number of urea groups is 2. The molecule has 3 aromatic heterocycles. The molecule has 7 rings (SSSR count). The molecule has 1 saturated carbocycles. The highest BCUT2D eigenvalue weighted by Gasteiger charge is 2.50. The largest absolute Gasteiger partial charge is 0.394 e. The molecule has 258 valence electrons. The Morgan fingerprint density at radius 1 is 1.08 bits per heavy atom. The molecule has 18 nitrogen and oxygen atoms in total. The highest BCUT2D eigenvalue weighted by atomic mass is 16.3. The number of rotatable bonds is 10. The Balaban J connectivity index is 1.17. The van der Waals surface area contributed by atoms with Gasteiger partial charge in [0.1, 0.15) is 12.2 Å². The summed E-state index contributed by atoms with van der Waals surface area (Å²) in [6.45, 7) is 0.563. The molecule has 3 aliphatic rings. The third-order valence-corrected chi connectivity index (χ3v) is 9.24. The molecule has 3 fully saturated rings. The van der Waals surface area contributed by atoms with Gasteiger partial charge in [-0.25, -0.2) is 19.6 Å². The van der Waals surface area contributed by atoms with Crippen molar-refractivity contribution in [1.82, 2.24) is 44.6 Å². The van der Waals surface area contributed by atoms with Crippen molar-refractivity contribution >= 4 is 46.7 Å². The Hall–Kier alpha value is -5.33. The topological polar surface area (TPSA) is 228 Å². The van der Waals surface area contributed by atoms with Gasteiger partial charge in [0.15, 0.2) is 22.8 Å². The molecular weight excluding hydrogens is 636 g/mol. The number of imide groups is 1. The fraction of sp³-hybridized carbons (Fsp3) is 0.452. The normalized spacial score (nSPS) is 24.4. The van der Waals surface area contributed by atoms with E-state index in [4.69, 9.17) is 9.97 Å². The third kappa shape index (κ3) is 6.44. The van der Waals surface area contributed by atoms with Crippen LogP contribution in [0.15, 0.2) is 49.2 Å². The van der Waals surface area contributed by atoms with Gasteiger partial charge in [0.05, 0.1) is 43.9 Å². The lowest BCUT2D eigenvalue weighted by molar-refractivity contribution is -0.128. The monoisotopic (exact) mass is 674 g/mol. The summed E-state index contributed by atoms with van der Waals surface area (Å²) < 4.78 is 3.36. The number of fused-ring (bicyclic) bond motifs is 1. The Kier molecular flexibility index (Phi) is 8.74. The van der Waals surface area contributed by atoms with E-state index in [0.29, 0.717) is 54.7 Å². The first-order chi connectivity index (χ1) is 23.7. The number of imidazole rings is 2. The molecule has 7 N–H and O–H groups in total. The number of hydrogen-bond acceptors (Lipinski definition) is 12. The van der Waals surface area contributed by atoms with E-state index >= 15 is 0 Å². The van der Waals surface area contributed by atoms with Gasteiger partial charge in [0.2, 0.25) is 11.9 Å². The molecule has 0 bridgehead atoms. The predicted molar refractivity (Wildman–Crippen MR) is 176 cm³/mol. The number of benzene rings is 1. The average Bonchev–Trinajstić information content (AvgIpc) is 3.92. The summed E-state index contributed by atoms with van der Waals surface area (Å²) in [5, 5.41) is 44.0. The first-order valence-corrected chi connectivity index (χ1v) is 16.1. The van der Waals surface area contributed by atoms with Crippen LogP contribution in [0.2, 0.25) is 0 Å². The summed E-state index contributed by atoms with van der Waals surface area (Å²) in [5.41, 5.74) is 1.73. The summed E-state index contributed by atoms with van der Waals surface area (Å²) in [6, 6.07) is 6.34. The summed E-state index contributed by atoms with van der Waals surface area (Å²) >= 11 is 0. The van der Waals surface area contributed by atoms with Crippen LogP contribution in [0.25, 0.3) is 11.2 Å². The van der Waals surface area contributed by atoms with Gasteiger partial charge in [-0.2, -0.15) is 9.97 Å². The number of hydrogen-bond donors (Lipinski definition) is 7. The molecule has 49 heavy (non-hydrogen) atoms. The number of anilines is 3. The maximum absolute atomic E-state index is 12.7. The highest BCUT2D eigenvalue weighted by molar-refractivity contribution is 6.02. The SMILES string of the molecule is Cn1cnc(NC(=O)N[C@@H]2CCN(c3nc(N[C@H](CO)Cc4ccccc4)c4ncn([C@@H]5C[C@H](N6C(=O)CNC6=O)[C@@H](O)[C@H]5O)c4n3)C2)c1. The Labute approximate surface area is 280 Å². The second-order valence-electron chi connectivity index (χ2n) is 12.6. The molecular formula is C31H38N12O6. The van der Waals surface area contributed by atoms with Crippen LogP contribution in [0.3, 0.4) is 0 Å². The number of aromatic nitrogens is 6. The van der Waals surface area contributed by atoms with Crippen LogP contribution in [0, 0.1) is 0 Å². The van der Waals surface area contributed by atoms with Crippen LogP contribution in [0.5, 0.6) is 0 Å². The summed E-state index contributed by atoms with van der Waals surface area (Å²) in [5.74, 6) is 0.642. The van der Waals surface area contributed by atoms with Crippen molar-refractivity contribution in [3.05, 3.63) is 54.7 Å². The lowest BCUT2D eigenvalue weighted by Crippen LogP contribution is -2.46. The number of carbonyl (C=O) groups is 3. The van der Waals surface area contributed by atoms with Gasteiger partial charge in [0, 0.05) is 32.4 Å². The molecule has 6 atom stereocenters. The average molecular weight is 675 g/mol. The van der Waals surface area contributed by atoms with Crippen molar-refractivity contribution in [2.24, 2.45) is 7.05 Å². The van der Waals surface area contributed by atoms with E-state index in [9.17, 15) is 29.7 Å². The van der Waals surface area contributed by atoms with Crippen molar-refractivity contribution in [3.63, 3.8) is 0 Å². The van der Waals surface area contributed by atoms with Crippen LogP contribution >= 0.6 is 0 Å². The quantitative estimate of drug-likeness (QED) is 0.106. The van der Waals surface area contributed by atoms with Crippen LogP contribution in [0.4, 0.5) is 27.2 Å². The first kappa shape index (κ1) is 32.2. The van der Waals surface area contributed by atoms with E-state index in [-0.39, 0.29) is 31.6 Å². The van der Waals surface area contributed by atoms with E-state index in [1.165, 1.54) is 6.33 Å². The number of carbonyl (C=O) groups excluding carboxylic acids is 3. The maximum atomic E-state index is 12.7. The molecule has 5 amide bonds. The van der Waals surface area contributed by atoms with Gasteiger partial charge in [-0.3, -0.25) is 15.0 Å². The number of nitrogens with one attached hydrogen (secondary N) is 4. The molecule has 2 aliphatic heterocycles.